The largest absolute Gasteiger partial charge is 0.497 e. The fourth-order valence-corrected chi connectivity index (χ4v) is 0.981. The first kappa shape index (κ1) is 7.52. The minimum Gasteiger partial charge on any atom is -0.497 e. The number of hydrogen-bond acceptors (Lipinski definition) is 2. The highest BCUT2D eigenvalue weighted by molar-refractivity contribution is 7.40. The molecule has 0 aliphatic rings. The summed E-state index contributed by atoms with van der Waals surface area (Å²) in [5.41, 5.74) is 0. The highest BCUT2D eigenvalue weighted by atomic mass is 31.1. The lowest BCUT2D eigenvalue weighted by atomic mass is 10.3. The molecule has 54 valence electrons. The zero-order chi connectivity index (χ0) is 7.40. The van der Waals surface area contributed by atoms with Crippen LogP contribution in [0.3, 0.4) is 0 Å². The van der Waals surface area contributed by atoms with Crippen LogP contribution in [0.25, 0.3) is 0 Å². The number of ether oxygens (including phenoxy) is 1. The van der Waals surface area contributed by atoms with Crippen molar-refractivity contribution >= 4 is 14.1 Å². The number of hydrogen-bond donors (Lipinski definition) is 1. The van der Waals surface area contributed by atoms with E-state index in [2.05, 4.69) is 0 Å². The number of methoxy groups -OCH3 is 1. The maximum Gasteiger partial charge on any atom is 0.118 e. The van der Waals surface area contributed by atoms with Crippen LogP contribution in [0.1, 0.15) is 0 Å². The fourth-order valence-electron chi connectivity index (χ4n) is 0.666. The Hall–Kier alpha value is -0.590. The third kappa shape index (κ3) is 1.69. The van der Waals surface area contributed by atoms with Gasteiger partial charge in [0.25, 0.3) is 0 Å². The molecule has 0 fully saturated rings. The molecule has 0 saturated heterocycles. The van der Waals surface area contributed by atoms with Crippen LogP contribution in [-0.2, 0) is 0 Å². The first-order valence-electron chi connectivity index (χ1n) is 2.91. The molecule has 0 spiro atoms. The van der Waals surface area contributed by atoms with Crippen LogP contribution in [0.5, 0.6) is 5.75 Å². The van der Waals surface area contributed by atoms with Gasteiger partial charge in [-0.2, -0.15) is 0 Å². The number of benzene rings is 1. The molecule has 0 aromatic heterocycles. The average molecular weight is 156 g/mol. The molecule has 0 saturated carbocycles. The smallest absolute Gasteiger partial charge is 0.118 e. The summed E-state index contributed by atoms with van der Waals surface area (Å²) in [7, 11) is 1.49. The van der Waals surface area contributed by atoms with Gasteiger partial charge >= 0.3 is 0 Å². The Kier molecular flexibility index (Phi) is 2.67. The van der Waals surface area contributed by atoms with E-state index in [4.69, 9.17) is 9.63 Å². The molecule has 2 nitrogen and oxygen atoms in total. The van der Waals surface area contributed by atoms with Gasteiger partial charge < -0.3 is 9.63 Å². The van der Waals surface area contributed by atoms with Crippen molar-refractivity contribution in [3.05, 3.63) is 24.3 Å². The maximum absolute atomic E-state index is 8.69. The van der Waals surface area contributed by atoms with E-state index in [0.717, 1.165) is 11.1 Å². The lowest BCUT2D eigenvalue weighted by Crippen LogP contribution is -1.91. The zero-order valence-corrected chi connectivity index (χ0v) is 6.66. The Morgan fingerprint density at radius 1 is 1.30 bits per heavy atom. The summed E-state index contributed by atoms with van der Waals surface area (Å²) < 4.78 is 4.94. The van der Waals surface area contributed by atoms with E-state index in [1.54, 1.807) is 7.11 Å². The van der Waals surface area contributed by atoms with Gasteiger partial charge in [-0.25, -0.2) is 0 Å². The molecule has 10 heavy (non-hydrogen) atoms. The molecule has 1 rings (SSSR count). The lowest BCUT2D eigenvalue weighted by Gasteiger charge is -1.98. The van der Waals surface area contributed by atoms with Gasteiger partial charge in [0, 0.05) is 8.81 Å². The molecule has 0 heterocycles. The Balaban J connectivity index is 2.80. The van der Waals surface area contributed by atoms with Crippen molar-refractivity contribution in [2.24, 2.45) is 0 Å². The van der Waals surface area contributed by atoms with E-state index in [1.807, 2.05) is 24.3 Å². The summed E-state index contributed by atoms with van der Waals surface area (Å²) in [4.78, 5) is 8.69. The molecule has 3 heteroatoms. The summed E-state index contributed by atoms with van der Waals surface area (Å²) >= 11 is 0. The second-order valence-electron chi connectivity index (χ2n) is 1.84. The van der Waals surface area contributed by atoms with Gasteiger partial charge in [0.1, 0.15) is 5.75 Å². The summed E-state index contributed by atoms with van der Waals surface area (Å²) in [6.45, 7) is 0. The van der Waals surface area contributed by atoms with Crippen LogP contribution in [0.15, 0.2) is 24.3 Å². The molecule has 1 atom stereocenters. The maximum atomic E-state index is 8.69. The molecular weight excluding hydrogens is 147 g/mol. The molecule has 0 radical (unpaired) electrons. The van der Waals surface area contributed by atoms with Gasteiger partial charge in [-0.15, -0.1) is 0 Å². The van der Waals surface area contributed by atoms with Gasteiger partial charge in [0.2, 0.25) is 0 Å². The quantitative estimate of drug-likeness (QED) is 0.645. The highest BCUT2D eigenvalue weighted by Crippen LogP contribution is 2.10. The molecule has 0 aliphatic carbocycles. The predicted molar refractivity (Wildman–Crippen MR) is 43.2 cm³/mol. The van der Waals surface area contributed by atoms with Crippen LogP contribution >= 0.6 is 8.81 Å². The van der Waals surface area contributed by atoms with Crippen molar-refractivity contribution in [3.8, 4) is 5.75 Å². The third-order valence-electron chi connectivity index (χ3n) is 1.22. The van der Waals surface area contributed by atoms with Gasteiger partial charge in [-0.3, -0.25) is 0 Å². The van der Waals surface area contributed by atoms with Crippen LogP contribution < -0.4 is 10.0 Å². The Labute approximate surface area is 61.7 Å². The Morgan fingerprint density at radius 3 is 2.30 bits per heavy atom. The Bertz CT molecular complexity index is 172. The summed E-state index contributed by atoms with van der Waals surface area (Å²) in [5, 5.41) is 0.931. The van der Waals surface area contributed by atoms with Crippen LogP contribution in [0.4, 0.5) is 0 Å². The van der Waals surface area contributed by atoms with E-state index in [1.165, 1.54) is 0 Å². The first-order chi connectivity index (χ1) is 4.86. The monoisotopic (exact) mass is 156 g/mol. The molecule has 0 aliphatic heterocycles. The lowest BCUT2D eigenvalue weighted by molar-refractivity contribution is 0.415. The second-order valence-corrected chi connectivity index (χ2v) is 2.64. The average Bonchev–Trinajstić information content (AvgIpc) is 2.05. The minimum absolute atomic E-state index is 0.128. The fraction of sp³-hybridized carbons (Fsp3) is 0.143. The Morgan fingerprint density at radius 2 is 1.90 bits per heavy atom. The van der Waals surface area contributed by atoms with Gasteiger partial charge in [0.05, 0.1) is 7.11 Å². The predicted octanol–water partition coefficient (Wildman–Crippen LogP) is 0.906. The SMILES string of the molecule is COc1ccc(PO)cc1. The van der Waals surface area contributed by atoms with Gasteiger partial charge in [-0.1, -0.05) is 0 Å². The zero-order valence-electron chi connectivity index (χ0n) is 5.66. The summed E-state index contributed by atoms with van der Waals surface area (Å²) in [6, 6.07) is 7.35. The summed E-state index contributed by atoms with van der Waals surface area (Å²) in [5.74, 6) is 0.821. The van der Waals surface area contributed by atoms with Crippen molar-refractivity contribution < 1.29 is 9.63 Å². The molecule has 1 unspecified atom stereocenters. The van der Waals surface area contributed by atoms with E-state index in [0.29, 0.717) is 0 Å². The topological polar surface area (TPSA) is 29.5 Å². The molecular formula is C7H9O2P. The standard InChI is InChI=1S/C7H9O2P/c1-9-6-2-4-7(10-8)5-3-6/h2-5,8,10H,1H3. The minimum atomic E-state index is -0.128. The van der Waals surface area contributed by atoms with E-state index in [9.17, 15) is 0 Å². The van der Waals surface area contributed by atoms with Gasteiger partial charge in [0.15, 0.2) is 0 Å². The normalized spacial score (nSPS) is 10.6. The van der Waals surface area contributed by atoms with Crippen LogP contribution in [0.2, 0.25) is 0 Å². The van der Waals surface area contributed by atoms with Crippen molar-refractivity contribution in [2.45, 2.75) is 0 Å². The van der Waals surface area contributed by atoms with Crippen molar-refractivity contribution in [2.75, 3.05) is 7.11 Å². The summed E-state index contributed by atoms with van der Waals surface area (Å²) in [6.07, 6.45) is 0. The molecule has 0 amide bonds. The highest BCUT2D eigenvalue weighted by Gasteiger charge is 1.90. The number of rotatable bonds is 2. The van der Waals surface area contributed by atoms with Crippen molar-refractivity contribution in [1.82, 2.24) is 0 Å². The van der Waals surface area contributed by atoms with Crippen molar-refractivity contribution in [1.29, 1.82) is 0 Å². The van der Waals surface area contributed by atoms with E-state index < -0.39 is 0 Å². The molecule has 0 bridgehead atoms. The third-order valence-corrected chi connectivity index (χ3v) is 1.81. The molecule has 1 N–H and O–H groups in total. The first-order valence-corrected chi connectivity index (χ1v) is 3.85. The second kappa shape index (κ2) is 3.55. The van der Waals surface area contributed by atoms with Crippen molar-refractivity contribution in [3.63, 3.8) is 0 Å². The van der Waals surface area contributed by atoms with Crippen LogP contribution in [0, 0.1) is 0 Å². The van der Waals surface area contributed by atoms with E-state index >= 15 is 0 Å². The van der Waals surface area contributed by atoms with E-state index in [-0.39, 0.29) is 8.81 Å². The molecule has 1 aromatic carbocycles. The van der Waals surface area contributed by atoms with Gasteiger partial charge in [-0.05, 0) is 29.6 Å². The molecule has 1 aromatic rings. The van der Waals surface area contributed by atoms with Crippen LogP contribution in [-0.4, -0.2) is 12.0 Å².